The molecule has 0 aliphatic carbocycles. The van der Waals surface area contributed by atoms with Gasteiger partial charge in [0.1, 0.15) is 0 Å². The van der Waals surface area contributed by atoms with Gasteiger partial charge in [-0.25, -0.2) is 0 Å². The number of hydrogen-bond acceptors (Lipinski definition) is 2. The number of halogens is 1. The fourth-order valence-electron chi connectivity index (χ4n) is 3.99. The normalized spacial score (nSPS) is 14.2. The Morgan fingerprint density at radius 3 is 2.77 bits per heavy atom. The van der Waals surface area contributed by atoms with E-state index in [0.29, 0.717) is 0 Å². The van der Waals surface area contributed by atoms with E-state index in [1.807, 2.05) is 24.3 Å². The van der Waals surface area contributed by atoms with Crippen LogP contribution < -0.4 is 5.32 Å². The van der Waals surface area contributed by atoms with Gasteiger partial charge >= 0.3 is 0 Å². The molecule has 1 amide bonds. The Bertz CT molecular complexity index is 1060. The summed E-state index contributed by atoms with van der Waals surface area (Å²) in [5.41, 5.74) is 3.95. The minimum absolute atomic E-state index is 0.0279. The molecule has 0 spiro atoms. The first kappa shape index (κ1) is 20.8. The first-order valence-electron chi connectivity index (χ1n) is 10.6. The molecular formula is C26H27BrN2O. The monoisotopic (exact) mass is 462 g/mol. The summed E-state index contributed by atoms with van der Waals surface area (Å²) in [5, 5.41) is 5.40. The summed E-state index contributed by atoms with van der Waals surface area (Å²) in [4.78, 5) is 14.6. The quantitative estimate of drug-likeness (QED) is 0.367. The lowest BCUT2D eigenvalue weighted by Gasteiger charge is -2.28. The fraction of sp³-hybridized carbons (Fsp3) is 0.269. The zero-order valence-electron chi connectivity index (χ0n) is 17.1. The maximum Gasteiger partial charge on any atom is 0.243 e. The van der Waals surface area contributed by atoms with Gasteiger partial charge in [-0.15, -0.1) is 0 Å². The highest BCUT2D eigenvalue weighted by atomic mass is 79.9. The number of amides is 1. The molecule has 1 N–H and O–H groups in total. The van der Waals surface area contributed by atoms with Crippen LogP contribution in [-0.4, -0.2) is 30.4 Å². The minimum Gasteiger partial charge on any atom is -0.353 e. The van der Waals surface area contributed by atoms with Gasteiger partial charge < -0.3 is 5.32 Å². The molecule has 3 aromatic carbocycles. The fourth-order valence-corrected chi connectivity index (χ4v) is 4.40. The Labute approximate surface area is 186 Å². The second-order valence-electron chi connectivity index (χ2n) is 7.88. The van der Waals surface area contributed by atoms with Crippen molar-refractivity contribution in [1.29, 1.82) is 0 Å². The molecule has 0 saturated carbocycles. The van der Waals surface area contributed by atoms with Crippen molar-refractivity contribution in [3.8, 4) is 0 Å². The number of nitrogens with zero attached hydrogens (tertiary/aromatic N) is 1. The maximum atomic E-state index is 12.1. The smallest absolute Gasteiger partial charge is 0.243 e. The molecule has 1 aliphatic heterocycles. The van der Waals surface area contributed by atoms with Gasteiger partial charge in [0.25, 0.3) is 0 Å². The predicted octanol–water partition coefficient (Wildman–Crippen LogP) is 5.57. The number of nitrogens with one attached hydrogen (secondary N) is 1. The average molecular weight is 463 g/mol. The van der Waals surface area contributed by atoms with Crippen LogP contribution in [0, 0.1) is 0 Å². The number of benzene rings is 3. The Morgan fingerprint density at radius 2 is 1.87 bits per heavy atom. The number of fused-ring (bicyclic) bond motifs is 2. The van der Waals surface area contributed by atoms with Crippen LogP contribution in [-0.2, 0) is 17.8 Å². The first-order chi connectivity index (χ1) is 14.7. The number of rotatable bonds is 7. The SMILES string of the molecule is O=C(/C=C/c1ccc2ccccc2c1)NCCCCN1CCc2ccc(Br)cc2C1. The van der Waals surface area contributed by atoms with Crippen molar-refractivity contribution in [3.63, 3.8) is 0 Å². The molecule has 0 aromatic heterocycles. The number of hydrogen-bond donors (Lipinski definition) is 1. The molecule has 30 heavy (non-hydrogen) atoms. The van der Waals surface area contributed by atoms with E-state index in [2.05, 4.69) is 68.6 Å². The third kappa shape index (κ3) is 5.59. The van der Waals surface area contributed by atoms with Gasteiger partial charge in [0.05, 0.1) is 0 Å². The molecule has 0 unspecified atom stereocenters. The van der Waals surface area contributed by atoms with Crippen molar-refractivity contribution in [3.05, 3.63) is 87.9 Å². The second kappa shape index (κ2) is 10.1. The van der Waals surface area contributed by atoms with Crippen LogP contribution in [0.2, 0.25) is 0 Å². The predicted molar refractivity (Wildman–Crippen MR) is 128 cm³/mol. The summed E-state index contributed by atoms with van der Waals surface area (Å²) in [7, 11) is 0. The maximum absolute atomic E-state index is 12.1. The zero-order chi connectivity index (χ0) is 20.8. The summed E-state index contributed by atoms with van der Waals surface area (Å²) in [5.74, 6) is -0.0279. The Balaban J connectivity index is 1.16. The Kier molecular flexibility index (Phi) is 6.98. The third-order valence-corrected chi connectivity index (χ3v) is 6.15. The lowest BCUT2D eigenvalue weighted by molar-refractivity contribution is -0.116. The van der Waals surface area contributed by atoms with E-state index in [0.717, 1.165) is 55.5 Å². The van der Waals surface area contributed by atoms with Crippen LogP contribution in [0.15, 0.2) is 71.2 Å². The van der Waals surface area contributed by atoms with Crippen molar-refractivity contribution >= 4 is 38.7 Å². The molecule has 3 nitrogen and oxygen atoms in total. The molecular weight excluding hydrogens is 436 g/mol. The Hall–Kier alpha value is -2.43. The summed E-state index contributed by atoms with van der Waals surface area (Å²) >= 11 is 3.57. The highest BCUT2D eigenvalue weighted by Gasteiger charge is 2.15. The van der Waals surface area contributed by atoms with Crippen LogP contribution in [0.5, 0.6) is 0 Å². The molecule has 3 aromatic rings. The summed E-state index contributed by atoms with van der Waals surface area (Å²) in [6, 6.07) is 21.1. The second-order valence-corrected chi connectivity index (χ2v) is 8.79. The van der Waals surface area contributed by atoms with E-state index < -0.39 is 0 Å². The number of carbonyl (C=O) groups excluding carboxylic acids is 1. The molecule has 4 rings (SSSR count). The average Bonchev–Trinajstić information content (AvgIpc) is 2.77. The summed E-state index contributed by atoms with van der Waals surface area (Å²) < 4.78 is 1.16. The summed E-state index contributed by atoms with van der Waals surface area (Å²) in [6.45, 7) is 3.94. The molecule has 4 heteroatoms. The first-order valence-corrected chi connectivity index (χ1v) is 11.4. The topological polar surface area (TPSA) is 32.3 Å². The molecule has 0 bridgehead atoms. The highest BCUT2D eigenvalue weighted by Crippen LogP contribution is 2.23. The lowest BCUT2D eigenvalue weighted by Crippen LogP contribution is -2.32. The van der Waals surface area contributed by atoms with Crippen LogP contribution in [0.3, 0.4) is 0 Å². The van der Waals surface area contributed by atoms with Crippen molar-refractivity contribution in [2.45, 2.75) is 25.8 Å². The zero-order valence-corrected chi connectivity index (χ0v) is 18.7. The lowest BCUT2D eigenvalue weighted by atomic mass is 10.00. The van der Waals surface area contributed by atoms with Crippen molar-refractivity contribution in [1.82, 2.24) is 10.2 Å². The van der Waals surface area contributed by atoms with E-state index >= 15 is 0 Å². The largest absolute Gasteiger partial charge is 0.353 e. The highest BCUT2D eigenvalue weighted by molar-refractivity contribution is 9.10. The third-order valence-electron chi connectivity index (χ3n) is 5.66. The standard InChI is InChI=1S/C26H27BrN2O/c27-25-11-10-22-13-16-29(19-24(22)18-25)15-4-3-14-28-26(30)12-8-20-7-9-21-5-1-2-6-23(21)17-20/h1-2,5-12,17-18H,3-4,13-16,19H2,(H,28,30)/b12-8+. The van der Waals surface area contributed by atoms with Gasteiger partial charge in [-0.1, -0.05) is 58.4 Å². The molecule has 0 radical (unpaired) electrons. The van der Waals surface area contributed by atoms with Crippen LogP contribution in [0.4, 0.5) is 0 Å². The van der Waals surface area contributed by atoms with Gasteiger partial charge in [0, 0.05) is 30.2 Å². The molecule has 0 atom stereocenters. The van der Waals surface area contributed by atoms with E-state index in [-0.39, 0.29) is 5.91 Å². The minimum atomic E-state index is -0.0279. The van der Waals surface area contributed by atoms with Crippen LogP contribution in [0.25, 0.3) is 16.8 Å². The van der Waals surface area contributed by atoms with Crippen molar-refractivity contribution < 1.29 is 4.79 Å². The van der Waals surface area contributed by atoms with Crippen molar-refractivity contribution in [2.24, 2.45) is 0 Å². The van der Waals surface area contributed by atoms with Crippen molar-refractivity contribution in [2.75, 3.05) is 19.6 Å². The van der Waals surface area contributed by atoms with Gasteiger partial charge in [-0.05, 0) is 77.5 Å². The van der Waals surface area contributed by atoms with Gasteiger partial charge in [0.2, 0.25) is 5.91 Å². The van der Waals surface area contributed by atoms with Gasteiger partial charge in [0.15, 0.2) is 0 Å². The van der Waals surface area contributed by atoms with E-state index in [1.54, 1.807) is 6.08 Å². The Morgan fingerprint density at radius 1 is 1.00 bits per heavy atom. The van der Waals surface area contributed by atoms with Gasteiger partial charge in [-0.3, -0.25) is 9.69 Å². The van der Waals surface area contributed by atoms with E-state index in [1.165, 1.54) is 21.9 Å². The van der Waals surface area contributed by atoms with E-state index in [9.17, 15) is 4.79 Å². The number of carbonyl (C=O) groups is 1. The van der Waals surface area contributed by atoms with Gasteiger partial charge in [-0.2, -0.15) is 0 Å². The molecule has 1 aliphatic rings. The molecule has 154 valence electrons. The summed E-state index contributed by atoms with van der Waals surface area (Å²) in [6.07, 6.45) is 6.73. The molecule has 0 saturated heterocycles. The number of unbranched alkanes of at least 4 members (excludes halogenated alkanes) is 1. The molecule has 1 heterocycles. The van der Waals surface area contributed by atoms with E-state index in [4.69, 9.17) is 0 Å². The van der Waals surface area contributed by atoms with Crippen LogP contribution >= 0.6 is 15.9 Å². The molecule has 0 fully saturated rings. The van der Waals surface area contributed by atoms with Crippen LogP contribution in [0.1, 0.15) is 29.5 Å².